The number of H-pyrrole nitrogens is 1. The van der Waals surface area contributed by atoms with Gasteiger partial charge in [0.2, 0.25) is 0 Å². The van der Waals surface area contributed by atoms with Gasteiger partial charge in [-0.05, 0) is 36.0 Å². The molecule has 2 aromatic rings. The summed E-state index contributed by atoms with van der Waals surface area (Å²) in [5, 5.41) is 0.123. The fraction of sp³-hybridized carbons (Fsp3) is 0.462. The molecule has 1 heterocycles. The second kappa shape index (κ2) is 3.81. The van der Waals surface area contributed by atoms with E-state index in [4.69, 9.17) is 23.8 Å². The molecule has 0 aliphatic heterocycles. The first-order chi connectivity index (χ1) is 8.38. The molecule has 0 radical (unpaired) electrons. The molecule has 0 saturated heterocycles. The van der Waals surface area contributed by atoms with E-state index in [0.29, 0.717) is 16.1 Å². The van der Waals surface area contributed by atoms with E-state index in [0.717, 1.165) is 17.6 Å². The highest BCUT2D eigenvalue weighted by Gasteiger charge is 2.45. The highest BCUT2D eigenvalue weighted by atomic mass is 35.5. The summed E-state index contributed by atoms with van der Waals surface area (Å²) in [5.74, 6) is 0.212. The Kier molecular flexibility index (Phi) is 2.58. The maximum atomic E-state index is 13.5. The molecule has 1 aliphatic carbocycles. The van der Waals surface area contributed by atoms with Gasteiger partial charge in [0.05, 0.1) is 16.1 Å². The molecule has 1 atom stereocenters. The molecule has 1 saturated carbocycles. The van der Waals surface area contributed by atoms with Crippen LogP contribution in [0.15, 0.2) is 12.1 Å². The van der Waals surface area contributed by atoms with E-state index in [9.17, 15) is 4.39 Å². The summed E-state index contributed by atoms with van der Waals surface area (Å²) in [6.07, 6.45) is 1.19. The lowest BCUT2D eigenvalue weighted by Crippen LogP contribution is -2.03. The average molecular weight is 285 g/mol. The minimum absolute atomic E-state index is 0.123. The normalized spacial score (nSPS) is 21.4. The van der Waals surface area contributed by atoms with Crippen molar-refractivity contribution in [1.82, 2.24) is 9.55 Å². The Morgan fingerprint density at radius 1 is 1.56 bits per heavy atom. The van der Waals surface area contributed by atoms with Gasteiger partial charge in [-0.25, -0.2) is 4.39 Å². The zero-order valence-electron chi connectivity index (χ0n) is 10.3. The van der Waals surface area contributed by atoms with Crippen LogP contribution in [0.25, 0.3) is 11.0 Å². The Hall–Kier alpha value is -0.870. The number of halogens is 2. The van der Waals surface area contributed by atoms with Crippen molar-refractivity contribution in [2.75, 3.05) is 0 Å². The summed E-state index contributed by atoms with van der Waals surface area (Å²) in [6.45, 7) is 5.33. The van der Waals surface area contributed by atoms with Crippen molar-refractivity contribution in [3.8, 4) is 0 Å². The standard InChI is InChI=1S/C13H14ClFN2S/c1-13(2)5-7(13)6-17-11-4-9(15)8(14)3-10(11)16-12(17)18/h3-4,7H,5-6H2,1-2H3,(H,16,18). The zero-order chi connectivity index (χ0) is 13.1. The highest BCUT2D eigenvalue weighted by Crippen LogP contribution is 2.52. The topological polar surface area (TPSA) is 20.7 Å². The summed E-state index contributed by atoms with van der Waals surface area (Å²) in [6, 6.07) is 3.05. The third kappa shape index (κ3) is 1.88. The van der Waals surface area contributed by atoms with E-state index in [1.54, 1.807) is 6.07 Å². The Morgan fingerprint density at radius 3 is 2.83 bits per heavy atom. The van der Waals surface area contributed by atoms with Crippen LogP contribution in [0.2, 0.25) is 5.02 Å². The molecule has 0 bridgehead atoms. The molecule has 1 aromatic carbocycles. The van der Waals surface area contributed by atoms with Crippen molar-refractivity contribution in [2.45, 2.75) is 26.8 Å². The Morgan fingerprint density at radius 2 is 2.22 bits per heavy atom. The van der Waals surface area contributed by atoms with Crippen LogP contribution in [0.3, 0.4) is 0 Å². The third-order valence-electron chi connectivity index (χ3n) is 3.94. The van der Waals surface area contributed by atoms with Gasteiger partial charge in [-0.1, -0.05) is 25.4 Å². The van der Waals surface area contributed by atoms with E-state index in [1.807, 2.05) is 4.57 Å². The summed E-state index contributed by atoms with van der Waals surface area (Å²) in [7, 11) is 0. The van der Waals surface area contributed by atoms with Crippen molar-refractivity contribution < 1.29 is 4.39 Å². The zero-order valence-corrected chi connectivity index (χ0v) is 11.8. The fourth-order valence-electron chi connectivity index (χ4n) is 2.44. The first-order valence-electron chi connectivity index (χ1n) is 5.96. The first kappa shape index (κ1) is 12.2. The molecule has 1 N–H and O–H groups in total. The quantitative estimate of drug-likeness (QED) is 0.803. The number of benzene rings is 1. The molecular weight excluding hydrogens is 271 g/mol. The molecule has 5 heteroatoms. The number of hydrogen-bond donors (Lipinski definition) is 1. The molecule has 2 nitrogen and oxygen atoms in total. The van der Waals surface area contributed by atoms with E-state index < -0.39 is 5.82 Å². The molecule has 1 fully saturated rings. The Bertz CT molecular complexity index is 686. The van der Waals surface area contributed by atoms with E-state index >= 15 is 0 Å². The number of rotatable bonds is 2. The number of imidazole rings is 1. The van der Waals surface area contributed by atoms with Crippen molar-refractivity contribution in [1.29, 1.82) is 0 Å². The van der Waals surface area contributed by atoms with Gasteiger partial charge in [-0.2, -0.15) is 0 Å². The second-order valence-corrected chi connectivity index (χ2v) is 6.51. The monoisotopic (exact) mass is 284 g/mol. The van der Waals surface area contributed by atoms with Crippen LogP contribution in [-0.4, -0.2) is 9.55 Å². The minimum atomic E-state index is -0.401. The molecular formula is C13H14ClFN2S. The number of aromatic nitrogens is 2. The van der Waals surface area contributed by atoms with E-state index in [1.165, 1.54) is 12.5 Å². The summed E-state index contributed by atoms with van der Waals surface area (Å²) in [5.41, 5.74) is 1.97. The van der Waals surface area contributed by atoms with Crippen LogP contribution in [0.4, 0.5) is 4.39 Å². The molecule has 1 unspecified atom stereocenters. The number of nitrogens with one attached hydrogen (secondary N) is 1. The largest absolute Gasteiger partial charge is 0.331 e. The highest BCUT2D eigenvalue weighted by molar-refractivity contribution is 7.71. The molecule has 0 amide bonds. The van der Waals surface area contributed by atoms with E-state index in [-0.39, 0.29) is 5.02 Å². The van der Waals surface area contributed by atoms with Crippen LogP contribution in [0.5, 0.6) is 0 Å². The van der Waals surface area contributed by atoms with Crippen molar-refractivity contribution in [3.63, 3.8) is 0 Å². The van der Waals surface area contributed by atoms with Crippen LogP contribution < -0.4 is 0 Å². The Labute approximate surface area is 115 Å². The lowest BCUT2D eigenvalue weighted by atomic mass is 10.1. The number of nitrogens with zero attached hydrogens (tertiary/aromatic N) is 1. The van der Waals surface area contributed by atoms with E-state index in [2.05, 4.69) is 18.8 Å². The van der Waals surface area contributed by atoms with Gasteiger partial charge in [-0.15, -0.1) is 0 Å². The van der Waals surface area contributed by atoms with Gasteiger partial charge < -0.3 is 9.55 Å². The van der Waals surface area contributed by atoms with Gasteiger partial charge in [0.1, 0.15) is 5.82 Å². The molecule has 1 aliphatic rings. The number of fused-ring (bicyclic) bond motifs is 1. The molecule has 18 heavy (non-hydrogen) atoms. The third-order valence-corrected chi connectivity index (χ3v) is 4.55. The maximum absolute atomic E-state index is 13.5. The Balaban J connectivity index is 2.08. The van der Waals surface area contributed by atoms with Crippen LogP contribution in [0.1, 0.15) is 20.3 Å². The number of hydrogen-bond acceptors (Lipinski definition) is 1. The summed E-state index contributed by atoms with van der Waals surface area (Å²) in [4.78, 5) is 3.08. The molecule has 1 aromatic heterocycles. The molecule has 3 rings (SSSR count). The van der Waals surface area contributed by atoms with Crippen molar-refractivity contribution in [2.24, 2.45) is 11.3 Å². The predicted molar refractivity (Wildman–Crippen MR) is 74.0 cm³/mol. The first-order valence-corrected chi connectivity index (χ1v) is 6.75. The lowest BCUT2D eigenvalue weighted by molar-refractivity contribution is 0.501. The second-order valence-electron chi connectivity index (χ2n) is 5.71. The van der Waals surface area contributed by atoms with Gasteiger partial charge in [-0.3, -0.25) is 0 Å². The number of aromatic amines is 1. The van der Waals surface area contributed by atoms with Crippen LogP contribution in [0, 0.1) is 21.9 Å². The summed E-state index contributed by atoms with van der Waals surface area (Å²) < 4.78 is 16.2. The average Bonchev–Trinajstić information content (AvgIpc) is 2.76. The van der Waals surface area contributed by atoms with Crippen LogP contribution >= 0.6 is 23.8 Å². The predicted octanol–water partition coefficient (Wildman–Crippen LogP) is 4.54. The van der Waals surface area contributed by atoms with Gasteiger partial charge in [0, 0.05) is 12.6 Å². The SMILES string of the molecule is CC1(C)CC1Cn1c(=S)[nH]c2cc(Cl)c(F)cc21. The van der Waals surface area contributed by atoms with Crippen molar-refractivity contribution in [3.05, 3.63) is 27.7 Å². The minimum Gasteiger partial charge on any atom is -0.331 e. The van der Waals surface area contributed by atoms with Crippen LogP contribution in [-0.2, 0) is 6.54 Å². The van der Waals surface area contributed by atoms with Gasteiger partial charge in [0.15, 0.2) is 4.77 Å². The summed E-state index contributed by atoms with van der Waals surface area (Å²) >= 11 is 11.1. The smallest absolute Gasteiger partial charge is 0.178 e. The molecule has 96 valence electrons. The molecule has 0 spiro atoms. The van der Waals surface area contributed by atoms with Gasteiger partial charge in [0.25, 0.3) is 0 Å². The maximum Gasteiger partial charge on any atom is 0.178 e. The lowest BCUT2D eigenvalue weighted by Gasteiger charge is -2.06. The van der Waals surface area contributed by atoms with Crippen molar-refractivity contribution >= 4 is 34.9 Å². The fourth-order valence-corrected chi connectivity index (χ4v) is 2.89. The van der Waals surface area contributed by atoms with Gasteiger partial charge >= 0.3 is 0 Å².